The SMILES string of the molecule is N#Cc1c(-c2cccc(Cl)c2)ccn(C2CC2)c1=O. The number of rotatable bonds is 2. The minimum absolute atomic E-state index is 0.191. The lowest BCUT2D eigenvalue weighted by Gasteiger charge is -2.08. The minimum atomic E-state index is -0.206. The van der Waals surface area contributed by atoms with E-state index in [0.29, 0.717) is 10.6 Å². The summed E-state index contributed by atoms with van der Waals surface area (Å²) in [7, 11) is 0. The van der Waals surface area contributed by atoms with Crippen LogP contribution in [0.1, 0.15) is 24.4 Å². The maximum absolute atomic E-state index is 12.3. The first-order valence-corrected chi connectivity index (χ1v) is 6.49. The van der Waals surface area contributed by atoms with Crippen molar-refractivity contribution >= 4 is 11.6 Å². The summed E-state index contributed by atoms with van der Waals surface area (Å²) in [5.74, 6) is 0. The highest BCUT2D eigenvalue weighted by Gasteiger charge is 2.26. The molecule has 94 valence electrons. The standard InChI is InChI=1S/C15H11ClN2O/c16-11-3-1-2-10(8-11)13-6-7-18(12-4-5-12)15(19)14(13)9-17/h1-3,6-8,12H,4-5H2. The van der Waals surface area contributed by atoms with Crippen molar-refractivity contribution in [2.45, 2.75) is 18.9 Å². The third-order valence-corrected chi connectivity index (χ3v) is 3.54. The number of benzene rings is 1. The molecule has 0 unspecified atom stereocenters. The fourth-order valence-corrected chi connectivity index (χ4v) is 2.39. The van der Waals surface area contributed by atoms with Gasteiger partial charge in [0.05, 0.1) is 0 Å². The molecule has 19 heavy (non-hydrogen) atoms. The molecule has 0 spiro atoms. The van der Waals surface area contributed by atoms with Gasteiger partial charge in [0, 0.05) is 22.8 Å². The van der Waals surface area contributed by atoms with Gasteiger partial charge in [0.15, 0.2) is 0 Å². The summed E-state index contributed by atoms with van der Waals surface area (Å²) < 4.78 is 1.66. The van der Waals surface area contributed by atoms with Crippen LogP contribution in [0.2, 0.25) is 5.02 Å². The maximum Gasteiger partial charge on any atom is 0.269 e. The van der Waals surface area contributed by atoms with Gasteiger partial charge in [-0.1, -0.05) is 23.7 Å². The molecular weight excluding hydrogens is 260 g/mol. The van der Waals surface area contributed by atoms with Crippen molar-refractivity contribution in [1.82, 2.24) is 4.57 Å². The zero-order valence-corrected chi connectivity index (χ0v) is 10.9. The second-order valence-electron chi connectivity index (χ2n) is 4.67. The zero-order chi connectivity index (χ0) is 13.4. The number of pyridine rings is 1. The van der Waals surface area contributed by atoms with Crippen LogP contribution < -0.4 is 5.56 Å². The molecule has 1 aromatic heterocycles. The molecule has 1 saturated carbocycles. The Labute approximate surface area is 115 Å². The van der Waals surface area contributed by atoms with Gasteiger partial charge in [-0.05, 0) is 36.6 Å². The van der Waals surface area contributed by atoms with E-state index in [9.17, 15) is 10.1 Å². The summed E-state index contributed by atoms with van der Waals surface area (Å²) in [4.78, 5) is 12.3. The van der Waals surface area contributed by atoms with Crippen LogP contribution in [0.15, 0.2) is 41.3 Å². The smallest absolute Gasteiger partial charge is 0.269 e. The Morgan fingerprint density at radius 2 is 2.11 bits per heavy atom. The number of hydrogen-bond acceptors (Lipinski definition) is 2. The van der Waals surface area contributed by atoms with Gasteiger partial charge >= 0.3 is 0 Å². The fraction of sp³-hybridized carbons (Fsp3) is 0.200. The molecule has 3 nitrogen and oxygen atoms in total. The second-order valence-corrected chi connectivity index (χ2v) is 5.11. The van der Waals surface area contributed by atoms with E-state index >= 15 is 0 Å². The Morgan fingerprint density at radius 3 is 2.74 bits per heavy atom. The van der Waals surface area contributed by atoms with Crippen LogP contribution in [0, 0.1) is 11.3 Å². The Morgan fingerprint density at radius 1 is 1.32 bits per heavy atom. The fourth-order valence-electron chi connectivity index (χ4n) is 2.20. The van der Waals surface area contributed by atoms with Crippen molar-refractivity contribution in [1.29, 1.82) is 5.26 Å². The zero-order valence-electron chi connectivity index (χ0n) is 10.1. The lowest BCUT2D eigenvalue weighted by Crippen LogP contribution is -2.21. The highest BCUT2D eigenvalue weighted by Crippen LogP contribution is 2.34. The summed E-state index contributed by atoms with van der Waals surface area (Å²) >= 11 is 5.96. The van der Waals surface area contributed by atoms with Crippen molar-refractivity contribution in [3.8, 4) is 17.2 Å². The lowest BCUT2D eigenvalue weighted by molar-refractivity contribution is 0.705. The Hall–Kier alpha value is -2.05. The summed E-state index contributed by atoms with van der Waals surface area (Å²) in [5, 5.41) is 9.85. The number of aromatic nitrogens is 1. The van der Waals surface area contributed by atoms with E-state index in [1.165, 1.54) is 0 Å². The van der Waals surface area contributed by atoms with Crippen LogP contribution >= 0.6 is 11.6 Å². The normalized spacial score (nSPS) is 14.1. The van der Waals surface area contributed by atoms with E-state index in [0.717, 1.165) is 18.4 Å². The van der Waals surface area contributed by atoms with Gasteiger partial charge in [-0.3, -0.25) is 4.79 Å². The third-order valence-electron chi connectivity index (χ3n) is 3.31. The summed E-state index contributed by atoms with van der Waals surface area (Å²) in [6.45, 7) is 0. The van der Waals surface area contributed by atoms with E-state index in [4.69, 9.17) is 11.6 Å². The van der Waals surface area contributed by atoms with Gasteiger partial charge in [-0.2, -0.15) is 5.26 Å². The average Bonchev–Trinajstić information content (AvgIpc) is 3.22. The highest BCUT2D eigenvalue weighted by atomic mass is 35.5. The molecule has 1 heterocycles. The topological polar surface area (TPSA) is 45.8 Å². The first-order valence-electron chi connectivity index (χ1n) is 6.12. The molecule has 1 aromatic carbocycles. The lowest BCUT2D eigenvalue weighted by atomic mass is 10.0. The molecule has 0 N–H and O–H groups in total. The van der Waals surface area contributed by atoms with Crippen molar-refractivity contribution in [2.75, 3.05) is 0 Å². The van der Waals surface area contributed by atoms with Gasteiger partial charge in [0.2, 0.25) is 0 Å². The van der Waals surface area contributed by atoms with E-state index in [1.807, 2.05) is 24.3 Å². The highest BCUT2D eigenvalue weighted by molar-refractivity contribution is 6.30. The average molecular weight is 271 g/mol. The van der Waals surface area contributed by atoms with Crippen LogP contribution in [0.25, 0.3) is 11.1 Å². The molecule has 2 aromatic rings. The van der Waals surface area contributed by atoms with E-state index in [2.05, 4.69) is 0 Å². The van der Waals surface area contributed by atoms with Gasteiger partial charge in [-0.15, -0.1) is 0 Å². The molecule has 3 rings (SSSR count). The van der Waals surface area contributed by atoms with Crippen LogP contribution in [0.3, 0.4) is 0 Å². The third kappa shape index (κ3) is 2.16. The molecule has 1 aliphatic rings. The summed E-state index contributed by atoms with van der Waals surface area (Å²) in [6.07, 6.45) is 3.81. The van der Waals surface area contributed by atoms with Gasteiger partial charge in [-0.25, -0.2) is 0 Å². The van der Waals surface area contributed by atoms with Gasteiger partial charge in [0.1, 0.15) is 11.6 Å². The minimum Gasteiger partial charge on any atom is -0.311 e. The molecule has 0 saturated heterocycles. The Balaban J connectivity index is 2.20. The number of nitriles is 1. The first-order chi connectivity index (χ1) is 9.20. The van der Waals surface area contributed by atoms with E-state index < -0.39 is 0 Å². The van der Waals surface area contributed by atoms with Crippen molar-refractivity contribution < 1.29 is 0 Å². The molecule has 0 aliphatic heterocycles. The predicted octanol–water partition coefficient (Wildman–Crippen LogP) is 3.38. The molecular formula is C15H11ClN2O. The van der Waals surface area contributed by atoms with Crippen molar-refractivity contribution in [3.63, 3.8) is 0 Å². The molecule has 4 heteroatoms. The number of nitrogens with zero attached hydrogens (tertiary/aromatic N) is 2. The number of halogens is 1. The summed E-state index contributed by atoms with van der Waals surface area (Å²) in [6, 6.07) is 11.3. The Kier molecular flexibility index (Phi) is 2.88. The van der Waals surface area contributed by atoms with Crippen LogP contribution in [-0.2, 0) is 0 Å². The van der Waals surface area contributed by atoms with Crippen LogP contribution in [0.4, 0.5) is 0 Å². The number of hydrogen-bond donors (Lipinski definition) is 0. The van der Waals surface area contributed by atoms with E-state index in [1.54, 1.807) is 22.9 Å². The van der Waals surface area contributed by atoms with Gasteiger partial charge in [0.25, 0.3) is 5.56 Å². The maximum atomic E-state index is 12.3. The molecule has 0 radical (unpaired) electrons. The molecule has 0 amide bonds. The molecule has 1 aliphatic carbocycles. The van der Waals surface area contributed by atoms with Gasteiger partial charge < -0.3 is 4.57 Å². The predicted molar refractivity (Wildman–Crippen MR) is 74.1 cm³/mol. The molecule has 0 bridgehead atoms. The van der Waals surface area contributed by atoms with E-state index in [-0.39, 0.29) is 17.2 Å². The monoisotopic (exact) mass is 270 g/mol. The van der Waals surface area contributed by atoms with Crippen LogP contribution in [0.5, 0.6) is 0 Å². The van der Waals surface area contributed by atoms with Crippen molar-refractivity contribution in [2.24, 2.45) is 0 Å². The largest absolute Gasteiger partial charge is 0.311 e. The Bertz CT molecular complexity index is 739. The first kappa shape index (κ1) is 12.0. The second kappa shape index (κ2) is 4.56. The van der Waals surface area contributed by atoms with Crippen LogP contribution in [-0.4, -0.2) is 4.57 Å². The molecule has 0 atom stereocenters. The molecule has 1 fully saturated rings. The quantitative estimate of drug-likeness (QED) is 0.840. The van der Waals surface area contributed by atoms with Crippen molar-refractivity contribution in [3.05, 3.63) is 57.5 Å². The summed E-state index contributed by atoms with van der Waals surface area (Å²) in [5.41, 5.74) is 1.43.